The number of nitrogens with one attached hydrogen (secondary N) is 1. The lowest BCUT2D eigenvalue weighted by atomic mass is 10.0. The van der Waals surface area contributed by atoms with Crippen LogP contribution in [0, 0.1) is 6.92 Å². The molecular formula is C14H21BrN2. The highest BCUT2D eigenvalue weighted by atomic mass is 79.9. The van der Waals surface area contributed by atoms with E-state index >= 15 is 0 Å². The molecule has 1 N–H and O–H groups in total. The lowest BCUT2D eigenvalue weighted by Gasteiger charge is -2.32. The highest BCUT2D eigenvalue weighted by molar-refractivity contribution is 9.10. The van der Waals surface area contributed by atoms with Crippen LogP contribution in [0.1, 0.15) is 31.4 Å². The number of benzene rings is 1. The smallest absolute Gasteiger partial charge is 0.0445 e. The van der Waals surface area contributed by atoms with E-state index in [1.807, 2.05) is 0 Å². The second kappa shape index (κ2) is 5.40. The van der Waals surface area contributed by atoms with Crippen molar-refractivity contribution in [3.63, 3.8) is 0 Å². The van der Waals surface area contributed by atoms with E-state index in [1.54, 1.807) is 0 Å². The van der Waals surface area contributed by atoms with E-state index in [0.29, 0.717) is 6.04 Å². The number of aryl methyl sites for hydroxylation is 1. The number of hydrogen-bond acceptors (Lipinski definition) is 2. The first-order chi connectivity index (χ1) is 8.13. The minimum absolute atomic E-state index is 0.605. The van der Waals surface area contributed by atoms with Gasteiger partial charge in [-0.05, 0) is 43.5 Å². The van der Waals surface area contributed by atoms with E-state index in [2.05, 4.69) is 59.1 Å². The molecule has 0 saturated carbocycles. The van der Waals surface area contributed by atoms with Gasteiger partial charge in [0, 0.05) is 35.8 Å². The van der Waals surface area contributed by atoms with E-state index in [-0.39, 0.29) is 0 Å². The third kappa shape index (κ3) is 2.66. The average molecular weight is 297 g/mol. The molecular weight excluding hydrogens is 276 g/mol. The highest BCUT2D eigenvalue weighted by Crippen LogP contribution is 2.32. The van der Waals surface area contributed by atoms with E-state index in [0.717, 1.165) is 19.6 Å². The lowest BCUT2D eigenvalue weighted by Crippen LogP contribution is -2.36. The van der Waals surface area contributed by atoms with E-state index in [4.69, 9.17) is 0 Å². The fraction of sp³-hybridized carbons (Fsp3) is 0.571. The van der Waals surface area contributed by atoms with Gasteiger partial charge in [-0.15, -0.1) is 0 Å². The summed E-state index contributed by atoms with van der Waals surface area (Å²) in [6.45, 7) is 9.93. The third-order valence-corrected chi connectivity index (χ3v) is 4.06. The molecule has 1 aromatic rings. The van der Waals surface area contributed by atoms with Crippen LogP contribution in [0.15, 0.2) is 16.6 Å². The molecule has 0 aromatic heterocycles. The standard InChI is InChI=1S/C14H21BrN2/c1-4-11(3)17-6-5-16-9-12-8-13(15)7-10(2)14(12)17/h7-8,11,16H,4-6,9H2,1-3H3. The van der Waals surface area contributed by atoms with Gasteiger partial charge in [0.2, 0.25) is 0 Å². The van der Waals surface area contributed by atoms with E-state index < -0.39 is 0 Å². The first kappa shape index (κ1) is 12.9. The summed E-state index contributed by atoms with van der Waals surface area (Å²) < 4.78 is 1.18. The Bertz CT molecular complexity index is 403. The summed E-state index contributed by atoms with van der Waals surface area (Å²) in [5, 5.41) is 3.50. The summed E-state index contributed by atoms with van der Waals surface area (Å²) in [6, 6.07) is 5.07. The van der Waals surface area contributed by atoms with Gasteiger partial charge in [0.25, 0.3) is 0 Å². The quantitative estimate of drug-likeness (QED) is 0.899. The second-order valence-corrected chi connectivity index (χ2v) is 5.77. The Labute approximate surface area is 113 Å². The molecule has 2 rings (SSSR count). The van der Waals surface area contributed by atoms with Crippen molar-refractivity contribution in [2.24, 2.45) is 0 Å². The van der Waals surface area contributed by atoms with Crippen molar-refractivity contribution in [2.75, 3.05) is 18.0 Å². The average Bonchev–Trinajstić information content (AvgIpc) is 2.50. The zero-order chi connectivity index (χ0) is 12.4. The Balaban J connectivity index is 2.47. The van der Waals surface area contributed by atoms with Gasteiger partial charge in [0.15, 0.2) is 0 Å². The fourth-order valence-electron chi connectivity index (χ4n) is 2.55. The van der Waals surface area contributed by atoms with Crippen LogP contribution < -0.4 is 10.2 Å². The molecule has 0 bridgehead atoms. The van der Waals surface area contributed by atoms with Gasteiger partial charge in [-0.3, -0.25) is 0 Å². The predicted molar refractivity (Wildman–Crippen MR) is 77.7 cm³/mol. The van der Waals surface area contributed by atoms with Gasteiger partial charge in [0.05, 0.1) is 0 Å². The molecule has 0 radical (unpaired) electrons. The van der Waals surface area contributed by atoms with Crippen LogP contribution in [0.5, 0.6) is 0 Å². The Morgan fingerprint density at radius 2 is 2.24 bits per heavy atom. The molecule has 2 nitrogen and oxygen atoms in total. The van der Waals surface area contributed by atoms with Gasteiger partial charge in [-0.1, -0.05) is 22.9 Å². The number of rotatable bonds is 2. The third-order valence-electron chi connectivity index (χ3n) is 3.60. The first-order valence-corrected chi connectivity index (χ1v) is 7.19. The molecule has 94 valence electrons. The normalized spacial score (nSPS) is 17.5. The summed E-state index contributed by atoms with van der Waals surface area (Å²) >= 11 is 3.59. The molecule has 1 aliphatic heterocycles. The van der Waals surface area contributed by atoms with Crippen LogP contribution >= 0.6 is 15.9 Å². The van der Waals surface area contributed by atoms with Crippen molar-refractivity contribution in [2.45, 2.75) is 39.8 Å². The molecule has 0 fully saturated rings. The Kier molecular flexibility index (Phi) is 4.10. The van der Waals surface area contributed by atoms with Crippen LogP contribution in [0.4, 0.5) is 5.69 Å². The largest absolute Gasteiger partial charge is 0.367 e. The zero-order valence-electron chi connectivity index (χ0n) is 10.9. The molecule has 17 heavy (non-hydrogen) atoms. The molecule has 0 saturated heterocycles. The van der Waals surface area contributed by atoms with E-state index in [9.17, 15) is 0 Å². The van der Waals surface area contributed by atoms with Gasteiger partial charge in [-0.25, -0.2) is 0 Å². The highest BCUT2D eigenvalue weighted by Gasteiger charge is 2.20. The maximum Gasteiger partial charge on any atom is 0.0445 e. The van der Waals surface area contributed by atoms with Gasteiger partial charge >= 0.3 is 0 Å². The number of fused-ring (bicyclic) bond motifs is 1. The molecule has 0 aliphatic carbocycles. The topological polar surface area (TPSA) is 15.3 Å². The SMILES string of the molecule is CCC(C)N1CCNCc2cc(Br)cc(C)c21. The zero-order valence-corrected chi connectivity index (χ0v) is 12.5. The lowest BCUT2D eigenvalue weighted by molar-refractivity contribution is 0.601. The maximum absolute atomic E-state index is 3.59. The Hall–Kier alpha value is -0.540. The van der Waals surface area contributed by atoms with Crippen molar-refractivity contribution in [1.82, 2.24) is 5.32 Å². The second-order valence-electron chi connectivity index (χ2n) is 4.86. The molecule has 1 heterocycles. The Morgan fingerprint density at radius 1 is 1.47 bits per heavy atom. The van der Waals surface area contributed by atoms with Crippen LogP contribution in [0.3, 0.4) is 0 Å². The summed E-state index contributed by atoms with van der Waals surface area (Å²) in [5.74, 6) is 0. The van der Waals surface area contributed by atoms with Crippen molar-refractivity contribution in [3.8, 4) is 0 Å². The predicted octanol–water partition coefficient (Wildman–Crippen LogP) is 3.47. The van der Waals surface area contributed by atoms with Gasteiger partial charge in [-0.2, -0.15) is 0 Å². The van der Waals surface area contributed by atoms with E-state index in [1.165, 1.54) is 27.7 Å². The molecule has 1 aromatic carbocycles. The molecule has 3 heteroatoms. The molecule has 1 unspecified atom stereocenters. The number of halogens is 1. The molecule has 0 spiro atoms. The van der Waals surface area contributed by atoms with Crippen LogP contribution in [-0.2, 0) is 6.54 Å². The van der Waals surface area contributed by atoms with Gasteiger partial charge in [0.1, 0.15) is 0 Å². The number of anilines is 1. The van der Waals surface area contributed by atoms with Gasteiger partial charge < -0.3 is 10.2 Å². The van der Waals surface area contributed by atoms with Crippen molar-refractivity contribution in [1.29, 1.82) is 0 Å². The van der Waals surface area contributed by atoms with Crippen LogP contribution in [0.2, 0.25) is 0 Å². The van der Waals surface area contributed by atoms with Crippen LogP contribution in [0.25, 0.3) is 0 Å². The molecule has 1 aliphatic rings. The number of hydrogen-bond donors (Lipinski definition) is 1. The van der Waals surface area contributed by atoms with Crippen LogP contribution in [-0.4, -0.2) is 19.1 Å². The Morgan fingerprint density at radius 3 is 2.94 bits per heavy atom. The van der Waals surface area contributed by atoms with Crippen molar-refractivity contribution >= 4 is 21.6 Å². The van der Waals surface area contributed by atoms with Crippen molar-refractivity contribution in [3.05, 3.63) is 27.7 Å². The summed E-state index contributed by atoms with van der Waals surface area (Å²) in [5.41, 5.74) is 4.22. The monoisotopic (exact) mass is 296 g/mol. The fourth-order valence-corrected chi connectivity index (χ4v) is 3.17. The summed E-state index contributed by atoms with van der Waals surface area (Å²) in [7, 11) is 0. The molecule has 0 amide bonds. The summed E-state index contributed by atoms with van der Waals surface area (Å²) in [6.07, 6.45) is 1.19. The van der Waals surface area contributed by atoms with Crippen molar-refractivity contribution < 1.29 is 0 Å². The number of nitrogens with zero attached hydrogens (tertiary/aromatic N) is 1. The maximum atomic E-state index is 3.59. The minimum atomic E-state index is 0.605. The minimum Gasteiger partial charge on any atom is -0.367 e. The first-order valence-electron chi connectivity index (χ1n) is 6.40. The summed E-state index contributed by atoms with van der Waals surface area (Å²) in [4.78, 5) is 2.55. The molecule has 1 atom stereocenters.